The molecule has 0 spiro atoms. The van der Waals surface area contributed by atoms with E-state index in [1.807, 2.05) is 61.8 Å². The van der Waals surface area contributed by atoms with Gasteiger partial charge in [-0.15, -0.1) is 0 Å². The number of benzene rings is 3. The topological polar surface area (TPSA) is 122 Å². The van der Waals surface area contributed by atoms with Gasteiger partial charge in [0.2, 0.25) is 5.91 Å². The molecule has 1 atom stereocenters. The Balaban J connectivity index is 1.03. The van der Waals surface area contributed by atoms with Crippen LogP contribution in [0.15, 0.2) is 85.2 Å². The van der Waals surface area contributed by atoms with E-state index in [2.05, 4.69) is 28.3 Å². The van der Waals surface area contributed by atoms with Crippen LogP contribution in [0.1, 0.15) is 90.9 Å². The second-order valence-electron chi connectivity index (χ2n) is 14.6. The maximum absolute atomic E-state index is 13.5. The average molecular weight is 715 g/mol. The van der Waals surface area contributed by atoms with E-state index in [0.717, 1.165) is 64.2 Å². The Morgan fingerprint density at radius 2 is 1.57 bits per heavy atom. The lowest BCUT2D eigenvalue weighted by Gasteiger charge is -2.35. The molecule has 2 N–H and O–H groups in total. The Morgan fingerprint density at radius 3 is 2.17 bits per heavy atom. The average Bonchev–Trinajstić information content (AvgIpc) is 3.18. The third-order valence-corrected chi connectivity index (χ3v) is 11.0. The molecule has 53 heavy (non-hydrogen) atoms. The van der Waals surface area contributed by atoms with E-state index in [-0.39, 0.29) is 18.9 Å². The number of aliphatic carboxylic acids is 1. The van der Waals surface area contributed by atoms with Crippen LogP contribution in [-0.2, 0) is 22.6 Å². The second-order valence-corrected chi connectivity index (χ2v) is 14.6. The molecule has 1 saturated carbocycles. The highest BCUT2D eigenvalue weighted by atomic mass is 16.5. The maximum Gasteiger partial charge on any atom is 0.323 e. The van der Waals surface area contributed by atoms with Gasteiger partial charge in [-0.2, -0.15) is 0 Å². The summed E-state index contributed by atoms with van der Waals surface area (Å²) in [5, 5.41) is 12.5. The maximum atomic E-state index is 13.5. The van der Waals surface area contributed by atoms with Gasteiger partial charge in [0.15, 0.2) is 5.82 Å². The molecule has 0 aliphatic heterocycles. The molecule has 1 fully saturated rings. The highest BCUT2D eigenvalue weighted by Crippen LogP contribution is 2.41. The molecule has 2 amide bonds. The molecular formula is C44H50N4O5. The van der Waals surface area contributed by atoms with Crippen LogP contribution in [0.5, 0.6) is 5.75 Å². The minimum Gasteiger partial charge on any atom is -0.496 e. The van der Waals surface area contributed by atoms with Crippen LogP contribution in [0.2, 0.25) is 0 Å². The summed E-state index contributed by atoms with van der Waals surface area (Å²) in [5.41, 5.74) is 6.71. The molecule has 2 aliphatic rings. The summed E-state index contributed by atoms with van der Waals surface area (Å²) in [7, 11) is 1.61. The number of carboxylic acid groups (broad SMARTS) is 1. The zero-order chi connectivity index (χ0) is 37.3. The predicted octanol–water partition coefficient (Wildman–Crippen LogP) is 8.77. The van der Waals surface area contributed by atoms with Gasteiger partial charge < -0.3 is 20.1 Å². The van der Waals surface area contributed by atoms with Crippen LogP contribution in [0.3, 0.4) is 0 Å². The molecule has 9 nitrogen and oxygen atoms in total. The molecule has 6 rings (SSSR count). The van der Waals surface area contributed by atoms with Crippen LogP contribution in [0, 0.1) is 24.7 Å². The predicted molar refractivity (Wildman–Crippen MR) is 207 cm³/mol. The monoisotopic (exact) mass is 714 g/mol. The van der Waals surface area contributed by atoms with Gasteiger partial charge in [-0.25, -0.2) is 9.97 Å². The number of anilines is 1. The number of carboxylic acids is 1. The van der Waals surface area contributed by atoms with Crippen LogP contribution in [-0.4, -0.2) is 51.4 Å². The van der Waals surface area contributed by atoms with Crippen molar-refractivity contribution in [3.05, 3.63) is 113 Å². The zero-order valence-corrected chi connectivity index (χ0v) is 31.0. The van der Waals surface area contributed by atoms with Crippen LogP contribution < -0.4 is 10.1 Å². The van der Waals surface area contributed by atoms with Gasteiger partial charge in [-0.1, -0.05) is 68.7 Å². The normalized spacial score (nSPS) is 18.5. The lowest BCUT2D eigenvalue weighted by Crippen LogP contribution is -2.35. The van der Waals surface area contributed by atoms with E-state index in [0.29, 0.717) is 17.1 Å². The number of carbonyl (C=O) groups is 3. The van der Waals surface area contributed by atoms with E-state index in [4.69, 9.17) is 4.74 Å². The first-order valence-electron chi connectivity index (χ1n) is 18.8. The highest BCUT2D eigenvalue weighted by molar-refractivity contribution is 5.97. The van der Waals surface area contributed by atoms with Crippen LogP contribution in [0.25, 0.3) is 17.0 Å². The summed E-state index contributed by atoms with van der Waals surface area (Å²) in [4.78, 5) is 48.5. The van der Waals surface area contributed by atoms with Gasteiger partial charge in [0.05, 0.1) is 13.5 Å². The van der Waals surface area contributed by atoms with E-state index >= 15 is 0 Å². The molecule has 1 heterocycles. The molecule has 4 aromatic rings. The molecular weight excluding hydrogens is 665 g/mol. The van der Waals surface area contributed by atoms with E-state index in [9.17, 15) is 19.5 Å². The summed E-state index contributed by atoms with van der Waals surface area (Å²) in [6.45, 7) is 3.90. The summed E-state index contributed by atoms with van der Waals surface area (Å²) < 4.78 is 5.29. The van der Waals surface area contributed by atoms with Crippen molar-refractivity contribution in [3.63, 3.8) is 0 Å². The molecule has 2 aliphatic carbocycles. The number of allylic oxidation sites excluding steroid dienone is 2. The number of nitrogens with one attached hydrogen (secondary N) is 1. The Kier molecular flexibility index (Phi) is 12.3. The first-order valence-corrected chi connectivity index (χ1v) is 18.8. The number of ether oxygens (including phenoxy) is 1. The van der Waals surface area contributed by atoms with Crippen LogP contribution >= 0.6 is 0 Å². The van der Waals surface area contributed by atoms with Crippen molar-refractivity contribution in [2.75, 3.05) is 19.0 Å². The van der Waals surface area contributed by atoms with Crippen molar-refractivity contribution in [3.8, 4) is 17.1 Å². The number of methoxy groups -OCH3 is 1. The number of hydrogen-bond acceptors (Lipinski definition) is 6. The third-order valence-electron chi connectivity index (χ3n) is 11.0. The van der Waals surface area contributed by atoms with Crippen molar-refractivity contribution >= 4 is 29.0 Å². The number of hydrogen-bond donors (Lipinski definition) is 2. The lowest BCUT2D eigenvalue weighted by molar-refractivity contribution is -0.137. The molecule has 0 radical (unpaired) electrons. The van der Waals surface area contributed by atoms with Gasteiger partial charge in [-0.05, 0) is 109 Å². The Morgan fingerprint density at radius 1 is 0.868 bits per heavy atom. The van der Waals surface area contributed by atoms with Gasteiger partial charge in [0.1, 0.15) is 12.3 Å². The molecule has 0 saturated heterocycles. The number of amides is 2. The first-order chi connectivity index (χ1) is 25.7. The summed E-state index contributed by atoms with van der Waals surface area (Å²) in [6.07, 6.45) is 16.8. The fourth-order valence-electron chi connectivity index (χ4n) is 7.92. The third kappa shape index (κ3) is 9.77. The first kappa shape index (κ1) is 37.4. The minimum absolute atomic E-state index is 0.111. The number of rotatable bonds is 13. The van der Waals surface area contributed by atoms with E-state index < -0.39 is 18.4 Å². The van der Waals surface area contributed by atoms with Crippen molar-refractivity contribution < 1.29 is 24.2 Å². The van der Waals surface area contributed by atoms with Crippen molar-refractivity contribution in [2.24, 2.45) is 17.8 Å². The fourth-order valence-corrected chi connectivity index (χ4v) is 7.92. The largest absolute Gasteiger partial charge is 0.496 e. The second kappa shape index (κ2) is 17.5. The fraction of sp³-hybridized carbons (Fsp3) is 0.386. The lowest BCUT2D eigenvalue weighted by atomic mass is 9.71. The van der Waals surface area contributed by atoms with Crippen molar-refractivity contribution in [2.45, 2.75) is 78.2 Å². The standard InChI is InChI=1S/C44H50N4O5/c1-4-30-5-10-33(11-6-30)34-14-16-35(17-15-34)38-25-45-43(46-26-38)36-12-7-31(8-13-36)27-48(28-42(50)51)44(52)37-18-20-39(21-19-37)47-41(49)24-32-9-22-40(53-3)29(2)23-32/h7-9,12-13,16,18-23,25-26,30,33-34H,4-6,10-11,14-15,17,24,27-28H2,1-3H3,(H,47,49)(H,50,51)/t30-,33-,34?. The van der Waals surface area contributed by atoms with Crippen molar-refractivity contribution in [1.82, 2.24) is 14.9 Å². The highest BCUT2D eigenvalue weighted by Gasteiger charge is 2.28. The summed E-state index contributed by atoms with van der Waals surface area (Å²) in [6, 6.07) is 19.6. The SMILES string of the molecule is CC[C@H]1CC[C@H](C2CC=C(c3cnc(-c4ccc(CN(CC(=O)O)C(=O)c5ccc(NC(=O)Cc6ccc(OC)c(C)c6)cc5)cc4)nc3)CC2)CC1. The van der Waals surface area contributed by atoms with Gasteiger partial charge in [0.25, 0.3) is 5.91 Å². The molecule has 1 aromatic heterocycles. The quantitative estimate of drug-likeness (QED) is 0.142. The van der Waals surface area contributed by atoms with Crippen LogP contribution in [0.4, 0.5) is 5.69 Å². The summed E-state index contributed by atoms with van der Waals surface area (Å²) >= 11 is 0. The van der Waals surface area contributed by atoms with Gasteiger partial charge in [-0.3, -0.25) is 14.4 Å². The van der Waals surface area contributed by atoms with Gasteiger partial charge in [0, 0.05) is 41.3 Å². The molecule has 3 aromatic carbocycles. The molecule has 1 unspecified atom stereocenters. The van der Waals surface area contributed by atoms with Crippen molar-refractivity contribution in [1.29, 1.82) is 0 Å². The molecule has 276 valence electrons. The van der Waals surface area contributed by atoms with E-state index in [1.165, 1.54) is 49.0 Å². The molecule has 0 bridgehead atoms. The Labute approximate surface area is 312 Å². The molecule has 9 heteroatoms. The van der Waals surface area contributed by atoms with Gasteiger partial charge >= 0.3 is 5.97 Å². The van der Waals surface area contributed by atoms with E-state index in [1.54, 1.807) is 31.4 Å². The minimum atomic E-state index is -1.11. The zero-order valence-electron chi connectivity index (χ0n) is 31.0. The smallest absolute Gasteiger partial charge is 0.323 e. The number of nitrogens with zero attached hydrogens (tertiary/aromatic N) is 3. The number of aryl methyl sites for hydroxylation is 1. The Bertz CT molecular complexity index is 1910. The number of carbonyl (C=O) groups excluding carboxylic acids is 2. The summed E-state index contributed by atoms with van der Waals surface area (Å²) in [5.74, 6) is 2.27. The number of aromatic nitrogens is 2. The Hall–Kier alpha value is -5.31.